The third-order valence-corrected chi connectivity index (χ3v) is 5.42. The van der Waals surface area contributed by atoms with Crippen LogP contribution in [-0.4, -0.2) is 63.2 Å². The number of rotatable bonds is 8. The minimum Gasteiger partial charge on any atom is -0.350 e. The van der Waals surface area contributed by atoms with Crippen molar-refractivity contribution in [1.82, 2.24) is 14.5 Å². The summed E-state index contributed by atoms with van der Waals surface area (Å²) in [5, 5.41) is 2.75. The van der Waals surface area contributed by atoms with Crippen molar-refractivity contribution in [2.75, 3.05) is 33.7 Å². The maximum absolute atomic E-state index is 12.1. The third kappa shape index (κ3) is 6.13. The van der Waals surface area contributed by atoms with E-state index in [0.29, 0.717) is 31.1 Å². The first kappa shape index (κ1) is 21.1. The minimum atomic E-state index is -3.51. The van der Waals surface area contributed by atoms with Crippen molar-refractivity contribution in [3.8, 4) is 0 Å². The molecule has 0 saturated heterocycles. The lowest BCUT2D eigenvalue weighted by Gasteiger charge is -2.23. The second kappa shape index (κ2) is 8.96. The van der Waals surface area contributed by atoms with Crippen LogP contribution < -0.4 is 5.32 Å². The maximum atomic E-state index is 12.1. The van der Waals surface area contributed by atoms with Crippen molar-refractivity contribution >= 4 is 21.8 Å². The molecular formula is C17H27N3O4S. The van der Waals surface area contributed by atoms with Crippen LogP contribution in [-0.2, 0) is 14.8 Å². The lowest BCUT2D eigenvalue weighted by atomic mass is 10.2. The fourth-order valence-corrected chi connectivity index (χ4v) is 3.12. The highest BCUT2D eigenvalue weighted by molar-refractivity contribution is 7.89. The van der Waals surface area contributed by atoms with Crippen LogP contribution in [0.4, 0.5) is 0 Å². The highest BCUT2D eigenvalue weighted by Crippen LogP contribution is 2.13. The highest BCUT2D eigenvalue weighted by Gasteiger charge is 2.17. The summed E-state index contributed by atoms with van der Waals surface area (Å²) >= 11 is 0. The summed E-state index contributed by atoms with van der Waals surface area (Å²) in [7, 11) is -0.607. The number of hydrogen-bond acceptors (Lipinski definition) is 4. The number of nitrogens with one attached hydrogen (secondary N) is 1. The van der Waals surface area contributed by atoms with E-state index in [2.05, 4.69) is 5.32 Å². The molecule has 2 amide bonds. The zero-order valence-corrected chi connectivity index (χ0v) is 16.3. The van der Waals surface area contributed by atoms with Crippen molar-refractivity contribution in [3.63, 3.8) is 0 Å². The lowest BCUT2D eigenvalue weighted by molar-refractivity contribution is -0.129. The molecule has 1 aromatic rings. The van der Waals surface area contributed by atoms with Gasteiger partial charge in [0.25, 0.3) is 5.91 Å². The minimum absolute atomic E-state index is 0.0267. The van der Waals surface area contributed by atoms with E-state index in [0.717, 1.165) is 4.31 Å². The first-order valence-corrected chi connectivity index (χ1v) is 9.56. The SMILES string of the molecule is CC(=O)N(CCNC(=O)c1ccc(S(=O)(=O)N(C)C)cc1)CC(C)C. The van der Waals surface area contributed by atoms with E-state index in [1.165, 1.54) is 45.3 Å². The number of sulfonamides is 1. The molecule has 0 bridgehead atoms. The standard InChI is InChI=1S/C17H27N3O4S/c1-13(2)12-20(14(3)21)11-10-18-17(22)15-6-8-16(9-7-15)25(23,24)19(4)5/h6-9,13H,10-12H2,1-5H3,(H,18,22). The molecule has 0 aliphatic heterocycles. The van der Waals surface area contributed by atoms with Crippen LogP contribution in [0.3, 0.4) is 0 Å². The Balaban J connectivity index is 2.65. The Bertz CT molecular complexity index is 697. The number of nitrogens with zero attached hydrogens (tertiary/aromatic N) is 2. The van der Waals surface area contributed by atoms with Gasteiger partial charge in [-0.2, -0.15) is 0 Å². The van der Waals surface area contributed by atoms with Crippen LogP contribution in [0.1, 0.15) is 31.1 Å². The van der Waals surface area contributed by atoms with Gasteiger partial charge in [-0.3, -0.25) is 9.59 Å². The second-order valence-electron chi connectivity index (χ2n) is 6.43. The first-order valence-electron chi connectivity index (χ1n) is 8.12. The van der Waals surface area contributed by atoms with E-state index >= 15 is 0 Å². The molecule has 0 saturated carbocycles. The topological polar surface area (TPSA) is 86.8 Å². The molecule has 0 aromatic heterocycles. The van der Waals surface area contributed by atoms with Gasteiger partial charge in [-0.1, -0.05) is 13.8 Å². The molecule has 0 spiro atoms. The van der Waals surface area contributed by atoms with Crippen LogP contribution in [0, 0.1) is 5.92 Å². The Hall–Kier alpha value is -1.93. The van der Waals surface area contributed by atoms with Crippen molar-refractivity contribution in [2.45, 2.75) is 25.7 Å². The average Bonchev–Trinajstić information content (AvgIpc) is 2.53. The van der Waals surface area contributed by atoms with Gasteiger partial charge in [0, 0.05) is 46.2 Å². The van der Waals surface area contributed by atoms with Gasteiger partial charge in [0.1, 0.15) is 0 Å². The predicted molar refractivity (Wildman–Crippen MR) is 96.7 cm³/mol. The number of amides is 2. The van der Waals surface area contributed by atoms with Crippen molar-refractivity contribution in [1.29, 1.82) is 0 Å². The Morgan fingerprint density at radius 1 is 1.12 bits per heavy atom. The number of carbonyl (C=O) groups is 2. The molecule has 1 rings (SSSR count). The number of benzene rings is 1. The highest BCUT2D eigenvalue weighted by atomic mass is 32.2. The summed E-state index contributed by atoms with van der Waals surface area (Å²) in [6.45, 7) is 6.97. The first-order chi connectivity index (χ1) is 11.6. The summed E-state index contributed by atoms with van der Waals surface area (Å²) in [6, 6.07) is 5.76. The van der Waals surface area contributed by atoms with Crippen LogP contribution in [0.15, 0.2) is 29.2 Å². The molecular weight excluding hydrogens is 342 g/mol. The molecule has 140 valence electrons. The van der Waals surface area contributed by atoms with E-state index in [-0.39, 0.29) is 16.7 Å². The molecule has 25 heavy (non-hydrogen) atoms. The summed E-state index contributed by atoms with van der Waals surface area (Å²) in [6.07, 6.45) is 0. The third-order valence-electron chi connectivity index (χ3n) is 3.59. The zero-order valence-electron chi connectivity index (χ0n) is 15.4. The predicted octanol–water partition coefficient (Wildman–Crippen LogP) is 1.17. The largest absolute Gasteiger partial charge is 0.350 e. The fraction of sp³-hybridized carbons (Fsp3) is 0.529. The van der Waals surface area contributed by atoms with Crippen molar-refractivity contribution in [3.05, 3.63) is 29.8 Å². The van der Waals surface area contributed by atoms with Crippen LogP contribution in [0.2, 0.25) is 0 Å². The summed E-state index contributed by atoms with van der Waals surface area (Å²) in [4.78, 5) is 25.5. The van der Waals surface area contributed by atoms with Crippen LogP contribution in [0.5, 0.6) is 0 Å². The Kier molecular flexibility index (Phi) is 7.57. The molecule has 1 N–H and O–H groups in total. The van der Waals surface area contributed by atoms with E-state index < -0.39 is 10.0 Å². The van der Waals surface area contributed by atoms with Gasteiger partial charge in [-0.25, -0.2) is 12.7 Å². The monoisotopic (exact) mass is 369 g/mol. The fourth-order valence-electron chi connectivity index (χ4n) is 2.21. The normalized spacial score (nSPS) is 11.6. The molecule has 0 atom stereocenters. The molecule has 1 aromatic carbocycles. The van der Waals surface area contributed by atoms with Crippen molar-refractivity contribution in [2.24, 2.45) is 5.92 Å². The Morgan fingerprint density at radius 3 is 2.12 bits per heavy atom. The van der Waals surface area contributed by atoms with Gasteiger partial charge in [0.2, 0.25) is 15.9 Å². The van der Waals surface area contributed by atoms with Crippen LogP contribution in [0.25, 0.3) is 0 Å². The van der Waals surface area contributed by atoms with Gasteiger partial charge in [-0.05, 0) is 30.2 Å². The molecule has 0 unspecified atom stereocenters. The quantitative estimate of drug-likeness (QED) is 0.745. The van der Waals surface area contributed by atoms with Gasteiger partial charge < -0.3 is 10.2 Å². The summed E-state index contributed by atoms with van der Waals surface area (Å²) < 4.78 is 25.1. The smallest absolute Gasteiger partial charge is 0.251 e. The number of carbonyl (C=O) groups excluding carboxylic acids is 2. The van der Waals surface area contributed by atoms with Crippen molar-refractivity contribution < 1.29 is 18.0 Å². The molecule has 0 heterocycles. The Labute approximate surface area is 150 Å². The molecule has 7 nitrogen and oxygen atoms in total. The second-order valence-corrected chi connectivity index (χ2v) is 8.58. The van der Waals surface area contributed by atoms with Crippen LogP contribution >= 0.6 is 0 Å². The average molecular weight is 369 g/mol. The van der Waals surface area contributed by atoms with E-state index in [9.17, 15) is 18.0 Å². The summed E-state index contributed by atoms with van der Waals surface area (Å²) in [5.74, 6) is 0.0221. The molecule has 0 fully saturated rings. The Morgan fingerprint density at radius 2 is 1.68 bits per heavy atom. The van der Waals surface area contributed by atoms with E-state index in [4.69, 9.17) is 0 Å². The number of hydrogen-bond donors (Lipinski definition) is 1. The summed E-state index contributed by atoms with van der Waals surface area (Å²) in [5.41, 5.74) is 0.371. The van der Waals surface area contributed by atoms with Gasteiger partial charge in [0.05, 0.1) is 4.90 Å². The van der Waals surface area contributed by atoms with Gasteiger partial charge in [0.15, 0.2) is 0 Å². The molecule has 0 aliphatic carbocycles. The maximum Gasteiger partial charge on any atom is 0.251 e. The molecule has 0 aliphatic rings. The molecule has 8 heteroatoms. The zero-order chi connectivity index (χ0) is 19.2. The lowest BCUT2D eigenvalue weighted by Crippen LogP contribution is -2.39. The van der Waals surface area contributed by atoms with Gasteiger partial charge in [-0.15, -0.1) is 0 Å². The van der Waals surface area contributed by atoms with Gasteiger partial charge >= 0.3 is 0 Å². The molecule has 0 radical (unpaired) electrons. The van der Waals surface area contributed by atoms with E-state index in [1.807, 2.05) is 13.8 Å². The van der Waals surface area contributed by atoms with E-state index in [1.54, 1.807) is 4.90 Å².